The van der Waals surface area contributed by atoms with Crippen LogP contribution in [-0.4, -0.2) is 28.5 Å². The molecule has 1 aromatic heterocycles. The summed E-state index contributed by atoms with van der Waals surface area (Å²) in [5.74, 6) is -0.990. The van der Waals surface area contributed by atoms with Gasteiger partial charge in [0.2, 0.25) is 0 Å². The molecule has 0 aliphatic rings. The van der Waals surface area contributed by atoms with Gasteiger partial charge in [0.15, 0.2) is 0 Å². The lowest BCUT2D eigenvalue weighted by Crippen LogP contribution is -2.26. The van der Waals surface area contributed by atoms with Gasteiger partial charge in [-0.1, -0.05) is 17.7 Å². The van der Waals surface area contributed by atoms with Gasteiger partial charge in [-0.15, -0.1) is 0 Å². The number of hydrogen-bond donors (Lipinski definition) is 1. The Morgan fingerprint density at radius 1 is 1.41 bits per heavy atom. The Morgan fingerprint density at radius 3 is 2.72 bits per heavy atom. The molecular weight excluding hydrogens is 417 g/mol. The molecule has 0 bridgehead atoms. The Kier molecular flexibility index (Phi) is 6.95. The number of ether oxygens (including phenoxy) is 1. The quantitative estimate of drug-likeness (QED) is 0.398. The topological polar surface area (TPSA) is 118 Å². The van der Waals surface area contributed by atoms with Crippen LogP contribution in [0.25, 0.3) is 0 Å². The lowest BCUT2D eigenvalue weighted by atomic mass is 10.2. The summed E-state index contributed by atoms with van der Waals surface area (Å²) in [5, 5.41) is 22.0. The Morgan fingerprint density at radius 2 is 2.14 bits per heavy atom. The van der Waals surface area contributed by atoms with Crippen molar-refractivity contribution in [3.8, 4) is 6.07 Å². The largest absolute Gasteiger partial charge is 0.456 e. The van der Waals surface area contributed by atoms with E-state index in [0.717, 1.165) is 6.07 Å². The van der Waals surface area contributed by atoms with Crippen LogP contribution >= 0.6 is 11.6 Å². The van der Waals surface area contributed by atoms with Crippen molar-refractivity contribution in [2.24, 2.45) is 0 Å². The van der Waals surface area contributed by atoms with Gasteiger partial charge in [-0.3, -0.25) is 10.1 Å². The molecule has 0 saturated carbocycles. The van der Waals surface area contributed by atoms with Crippen molar-refractivity contribution in [3.05, 3.63) is 62.8 Å². The van der Waals surface area contributed by atoms with E-state index in [1.807, 2.05) is 0 Å². The first-order chi connectivity index (χ1) is 13.6. The second kappa shape index (κ2) is 9.20. The van der Waals surface area contributed by atoms with Crippen LogP contribution in [-0.2, 0) is 10.9 Å². The number of halogens is 4. The molecule has 0 aliphatic heterocycles. The Hall–Kier alpha value is -3.39. The highest BCUT2D eigenvalue weighted by molar-refractivity contribution is 6.32. The minimum Gasteiger partial charge on any atom is -0.456 e. The van der Waals surface area contributed by atoms with Crippen molar-refractivity contribution >= 4 is 29.1 Å². The number of nitrogens with one attached hydrogen (secondary N) is 1. The molecule has 29 heavy (non-hydrogen) atoms. The lowest BCUT2D eigenvalue weighted by Gasteiger charge is -2.17. The summed E-state index contributed by atoms with van der Waals surface area (Å²) in [6.45, 7) is -0.174. The number of nitrogens with zero attached hydrogens (tertiary/aromatic N) is 3. The molecule has 12 heteroatoms. The maximum absolute atomic E-state index is 12.6. The molecule has 1 atom stereocenters. The van der Waals surface area contributed by atoms with Crippen LogP contribution in [0, 0.1) is 21.4 Å². The molecule has 0 spiro atoms. The van der Waals surface area contributed by atoms with Gasteiger partial charge >= 0.3 is 12.1 Å². The zero-order valence-corrected chi connectivity index (χ0v) is 15.2. The maximum Gasteiger partial charge on any atom is 0.417 e. The van der Waals surface area contributed by atoms with E-state index < -0.39 is 28.7 Å². The number of pyridine rings is 1. The van der Waals surface area contributed by atoms with E-state index in [1.54, 1.807) is 6.07 Å². The first-order valence-electron chi connectivity index (χ1n) is 7.91. The molecule has 1 N–H and O–H groups in total. The Bertz CT molecular complexity index is 962. The highest BCUT2D eigenvalue weighted by Crippen LogP contribution is 2.32. The molecule has 1 aromatic carbocycles. The minimum absolute atomic E-state index is 0.0889. The fourth-order valence-corrected chi connectivity index (χ4v) is 2.39. The summed E-state index contributed by atoms with van der Waals surface area (Å²) >= 11 is 5.78. The van der Waals surface area contributed by atoms with Gasteiger partial charge in [-0.25, -0.2) is 9.78 Å². The minimum atomic E-state index is -4.60. The van der Waals surface area contributed by atoms with Gasteiger partial charge < -0.3 is 10.1 Å². The molecule has 0 fully saturated rings. The highest BCUT2D eigenvalue weighted by Gasteiger charge is 2.31. The smallest absolute Gasteiger partial charge is 0.417 e. The molecule has 2 rings (SSSR count). The number of benzene rings is 1. The monoisotopic (exact) mass is 428 g/mol. The third kappa shape index (κ3) is 6.05. The van der Waals surface area contributed by atoms with Crippen molar-refractivity contribution in [2.45, 2.75) is 18.7 Å². The summed E-state index contributed by atoms with van der Waals surface area (Å²) in [6, 6.07) is 7.32. The standard InChI is InChI=1S/C17H12ClF3N4O4/c18-14-7-11(17(19,20)21)8-23-15(14)24-9-13(4-5-22)29-16(26)10-2-1-3-12(6-10)25(27)28/h1-3,6-8,13H,4,9H2,(H,23,24)/t13-/m0/s1. The molecule has 0 aliphatic carbocycles. The van der Waals surface area contributed by atoms with Crippen LogP contribution < -0.4 is 5.32 Å². The van der Waals surface area contributed by atoms with E-state index in [2.05, 4.69) is 10.3 Å². The zero-order valence-electron chi connectivity index (χ0n) is 14.4. The van der Waals surface area contributed by atoms with Crippen molar-refractivity contribution < 1.29 is 27.6 Å². The van der Waals surface area contributed by atoms with E-state index in [9.17, 15) is 28.1 Å². The summed E-state index contributed by atoms with van der Waals surface area (Å²) in [5.41, 5.74) is -1.43. The zero-order chi connectivity index (χ0) is 21.6. The molecular formula is C17H12ClF3N4O4. The second-order valence-electron chi connectivity index (χ2n) is 5.63. The molecule has 152 valence electrons. The molecule has 2 aromatic rings. The normalized spacial score (nSPS) is 12.0. The number of esters is 1. The van der Waals surface area contributed by atoms with Crippen molar-refractivity contribution in [1.29, 1.82) is 5.26 Å². The lowest BCUT2D eigenvalue weighted by molar-refractivity contribution is -0.384. The fraction of sp³-hybridized carbons (Fsp3) is 0.235. The number of nitriles is 1. The van der Waals surface area contributed by atoms with Crippen molar-refractivity contribution in [3.63, 3.8) is 0 Å². The second-order valence-corrected chi connectivity index (χ2v) is 6.04. The number of alkyl halides is 3. The van der Waals surface area contributed by atoms with Crippen LogP contribution in [0.4, 0.5) is 24.7 Å². The van der Waals surface area contributed by atoms with Gasteiger partial charge in [0.05, 0.1) is 40.1 Å². The number of aromatic nitrogens is 1. The fourth-order valence-electron chi connectivity index (χ4n) is 2.16. The van der Waals surface area contributed by atoms with Crippen LogP contribution in [0.2, 0.25) is 5.02 Å². The number of hydrogen-bond acceptors (Lipinski definition) is 7. The number of rotatable bonds is 7. The van der Waals surface area contributed by atoms with Gasteiger partial charge in [0.1, 0.15) is 11.9 Å². The van der Waals surface area contributed by atoms with Crippen molar-refractivity contribution in [1.82, 2.24) is 4.98 Å². The Labute approximate surface area is 167 Å². The summed E-state index contributed by atoms with van der Waals surface area (Å²) in [4.78, 5) is 25.9. The summed E-state index contributed by atoms with van der Waals surface area (Å²) < 4.78 is 43.1. The maximum atomic E-state index is 12.6. The number of nitro benzene ring substituents is 1. The van der Waals surface area contributed by atoms with Crippen LogP contribution in [0.3, 0.4) is 0 Å². The highest BCUT2D eigenvalue weighted by atomic mass is 35.5. The first-order valence-corrected chi connectivity index (χ1v) is 8.28. The average molecular weight is 429 g/mol. The molecule has 8 nitrogen and oxygen atoms in total. The average Bonchev–Trinajstić information content (AvgIpc) is 2.66. The molecule has 0 amide bonds. The van der Waals surface area contributed by atoms with E-state index in [4.69, 9.17) is 21.6 Å². The number of anilines is 1. The van der Waals surface area contributed by atoms with Gasteiger partial charge in [-0.05, 0) is 12.1 Å². The summed E-state index contributed by atoms with van der Waals surface area (Å²) in [6.07, 6.45) is -5.27. The van der Waals surface area contributed by atoms with E-state index in [-0.39, 0.29) is 35.1 Å². The number of carbonyl (C=O) groups excluding carboxylic acids is 1. The predicted molar refractivity (Wildman–Crippen MR) is 95.3 cm³/mol. The van der Waals surface area contributed by atoms with E-state index in [1.165, 1.54) is 18.2 Å². The number of nitro groups is 1. The Balaban J connectivity index is 2.07. The summed E-state index contributed by atoms with van der Waals surface area (Å²) in [7, 11) is 0. The number of carbonyl (C=O) groups is 1. The van der Waals surface area contributed by atoms with E-state index in [0.29, 0.717) is 12.3 Å². The van der Waals surface area contributed by atoms with Crippen LogP contribution in [0.15, 0.2) is 36.5 Å². The third-order valence-electron chi connectivity index (χ3n) is 3.55. The van der Waals surface area contributed by atoms with Crippen molar-refractivity contribution in [2.75, 3.05) is 11.9 Å². The van der Waals surface area contributed by atoms with Crippen LogP contribution in [0.5, 0.6) is 0 Å². The van der Waals surface area contributed by atoms with Gasteiger partial charge in [0, 0.05) is 18.3 Å². The van der Waals surface area contributed by atoms with E-state index >= 15 is 0 Å². The number of non-ortho nitro benzene ring substituents is 1. The molecule has 0 saturated heterocycles. The van der Waals surface area contributed by atoms with Gasteiger partial charge in [-0.2, -0.15) is 18.4 Å². The third-order valence-corrected chi connectivity index (χ3v) is 3.84. The molecule has 1 heterocycles. The predicted octanol–water partition coefficient (Wildman–Crippen LogP) is 4.21. The SMILES string of the molecule is N#CC[C@@H](CNc1ncc(C(F)(F)F)cc1Cl)OC(=O)c1cccc([N+](=O)[O-])c1. The molecule has 0 unspecified atom stereocenters. The first kappa shape index (κ1) is 21.9. The molecule has 0 radical (unpaired) electrons. The van der Waals surface area contributed by atoms with Gasteiger partial charge in [0.25, 0.3) is 5.69 Å². The van der Waals surface area contributed by atoms with Crippen LogP contribution in [0.1, 0.15) is 22.3 Å².